The third-order valence-electron chi connectivity index (χ3n) is 3.79. The molecular weight excluding hydrogens is 285 g/mol. The van der Waals surface area contributed by atoms with Crippen LogP contribution in [0.5, 0.6) is 0 Å². The van der Waals surface area contributed by atoms with Crippen LogP contribution >= 0.6 is 11.6 Å². The summed E-state index contributed by atoms with van der Waals surface area (Å²) in [7, 11) is 0. The van der Waals surface area contributed by atoms with Gasteiger partial charge in [0, 0.05) is 5.92 Å². The fourth-order valence-electron chi connectivity index (χ4n) is 2.79. The number of hydrogen-bond donors (Lipinski definition) is 0. The van der Waals surface area contributed by atoms with Gasteiger partial charge in [0.05, 0.1) is 10.9 Å². The Balaban J connectivity index is 1.95. The predicted octanol–water partition coefficient (Wildman–Crippen LogP) is 5.52. The molecular formula is C16H12ClF3. The van der Waals surface area contributed by atoms with Crippen molar-refractivity contribution in [2.75, 3.05) is 0 Å². The van der Waals surface area contributed by atoms with Crippen molar-refractivity contribution in [2.45, 2.75) is 23.9 Å². The van der Waals surface area contributed by atoms with Crippen LogP contribution < -0.4 is 0 Å². The summed E-state index contributed by atoms with van der Waals surface area (Å²) in [6, 6.07) is 13.2. The molecule has 0 nitrogen and oxygen atoms in total. The van der Waals surface area contributed by atoms with Crippen molar-refractivity contribution < 1.29 is 13.2 Å². The molecule has 2 aromatic rings. The highest BCUT2D eigenvalue weighted by Gasteiger charge is 2.32. The van der Waals surface area contributed by atoms with Gasteiger partial charge in [0.2, 0.25) is 0 Å². The molecule has 20 heavy (non-hydrogen) atoms. The molecule has 0 saturated heterocycles. The fraction of sp³-hybridized carbons (Fsp3) is 0.250. The van der Waals surface area contributed by atoms with E-state index >= 15 is 0 Å². The van der Waals surface area contributed by atoms with Gasteiger partial charge in [-0.15, -0.1) is 11.6 Å². The summed E-state index contributed by atoms with van der Waals surface area (Å²) < 4.78 is 37.7. The standard InChI is InChI=1S/C16H12ClF3/c17-15-9-14(12-3-1-2-4-13(12)15)10-5-7-11(8-6-10)16(18,19)20/h1-8,14-15H,9H2/t14-,15-/m0/s1. The second-order valence-electron chi connectivity index (χ2n) is 5.00. The van der Waals surface area contributed by atoms with Crippen LogP contribution in [0.2, 0.25) is 0 Å². The first-order valence-corrected chi connectivity index (χ1v) is 6.80. The summed E-state index contributed by atoms with van der Waals surface area (Å²) in [6.07, 6.45) is -3.56. The average molecular weight is 297 g/mol. The fourth-order valence-corrected chi connectivity index (χ4v) is 3.17. The summed E-state index contributed by atoms with van der Waals surface area (Å²) in [5.74, 6) is 0.0796. The first kappa shape index (κ1) is 13.5. The number of rotatable bonds is 1. The second kappa shape index (κ2) is 4.81. The first-order valence-electron chi connectivity index (χ1n) is 6.37. The van der Waals surface area contributed by atoms with Crippen molar-refractivity contribution in [3.63, 3.8) is 0 Å². The Labute approximate surface area is 120 Å². The van der Waals surface area contributed by atoms with E-state index in [9.17, 15) is 13.2 Å². The Morgan fingerprint density at radius 1 is 0.900 bits per heavy atom. The zero-order valence-corrected chi connectivity index (χ0v) is 11.2. The van der Waals surface area contributed by atoms with E-state index in [-0.39, 0.29) is 11.3 Å². The lowest BCUT2D eigenvalue weighted by Crippen LogP contribution is -2.05. The molecule has 0 spiro atoms. The number of fused-ring (bicyclic) bond motifs is 1. The SMILES string of the molecule is FC(F)(F)c1ccc([C@@H]2C[C@H](Cl)c3ccccc32)cc1. The molecule has 0 saturated carbocycles. The van der Waals surface area contributed by atoms with E-state index in [0.29, 0.717) is 0 Å². The molecule has 0 aliphatic heterocycles. The molecule has 1 aliphatic carbocycles. The van der Waals surface area contributed by atoms with E-state index in [1.165, 1.54) is 0 Å². The lowest BCUT2D eigenvalue weighted by Gasteiger charge is -2.13. The second-order valence-corrected chi connectivity index (χ2v) is 5.53. The van der Waals surface area contributed by atoms with Gasteiger partial charge in [0.1, 0.15) is 0 Å². The monoisotopic (exact) mass is 296 g/mol. The predicted molar refractivity (Wildman–Crippen MR) is 72.9 cm³/mol. The van der Waals surface area contributed by atoms with Gasteiger partial charge in [-0.3, -0.25) is 0 Å². The Hall–Kier alpha value is -1.48. The minimum Gasteiger partial charge on any atom is -0.166 e. The summed E-state index contributed by atoms with van der Waals surface area (Å²) in [5.41, 5.74) is 2.47. The van der Waals surface area contributed by atoms with Gasteiger partial charge in [0.15, 0.2) is 0 Å². The quantitative estimate of drug-likeness (QED) is 0.608. The maximum atomic E-state index is 12.6. The van der Waals surface area contributed by atoms with Crippen molar-refractivity contribution in [1.29, 1.82) is 0 Å². The van der Waals surface area contributed by atoms with Crippen LogP contribution in [0.1, 0.15) is 40.0 Å². The Morgan fingerprint density at radius 2 is 1.50 bits per heavy atom. The van der Waals surface area contributed by atoms with E-state index in [0.717, 1.165) is 35.2 Å². The largest absolute Gasteiger partial charge is 0.416 e. The van der Waals surface area contributed by atoms with Gasteiger partial charge in [-0.2, -0.15) is 13.2 Å². The lowest BCUT2D eigenvalue weighted by molar-refractivity contribution is -0.137. The molecule has 104 valence electrons. The molecule has 0 radical (unpaired) electrons. The number of benzene rings is 2. The zero-order chi connectivity index (χ0) is 14.3. The van der Waals surface area contributed by atoms with Crippen LogP contribution in [0.25, 0.3) is 0 Å². The molecule has 1 aliphatic rings. The zero-order valence-electron chi connectivity index (χ0n) is 10.5. The van der Waals surface area contributed by atoms with Crippen LogP contribution in [0, 0.1) is 0 Å². The molecule has 0 fully saturated rings. The third-order valence-corrected chi connectivity index (χ3v) is 4.21. The minimum atomic E-state index is -4.29. The third kappa shape index (κ3) is 2.31. The van der Waals surface area contributed by atoms with Crippen molar-refractivity contribution in [3.05, 3.63) is 70.8 Å². The van der Waals surface area contributed by atoms with Gasteiger partial charge >= 0.3 is 6.18 Å². The minimum absolute atomic E-state index is 0.0708. The Morgan fingerprint density at radius 3 is 2.10 bits per heavy atom. The van der Waals surface area contributed by atoms with E-state index in [1.807, 2.05) is 24.3 Å². The van der Waals surface area contributed by atoms with Crippen molar-refractivity contribution in [2.24, 2.45) is 0 Å². The maximum Gasteiger partial charge on any atom is 0.416 e. The van der Waals surface area contributed by atoms with Gasteiger partial charge in [-0.25, -0.2) is 0 Å². The van der Waals surface area contributed by atoms with E-state index in [4.69, 9.17) is 11.6 Å². The van der Waals surface area contributed by atoms with Gasteiger partial charge in [-0.05, 0) is 35.2 Å². The molecule has 0 bridgehead atoms. The molecule has 0 aromatic heterocycles. The molecule has 4 heteroatoms. The molecule has 0 N–H and O–H groups in total. The van der Waals surface area contributed by atoms with Crippen LogP contribution in [0.3, 0.4) is 0 Å². The number of halogens is 4. The molecule has 0 unspecified atom stereocenters. The Kier molecular flexibility index (Phi) is 3.25. The summed E-state index contributed by atoms with van der Waals surface area (Å²) in [5, 5.41) is -0.0708. The first-order chi connectivity index (χ1) is 9.47. The lowest BCUT2D eigenvalue weighted by atomic mass is 9.92. The Bertz CT molecular complexity index is 616. The molecule has 0 amide bonds. The van der Waals surface area contributed by atoms with Gasteiger partial charge in [0.25, 0.3) is 0 Å². The van der Waals surface area contributed by atoms with Crippen LogP contribution in [0.15, 0.2) is 48.5 Å². The van der Waals surface area contributed by atoms with E-state index in [2.05, 4.69) is 0 Å². The normalized spacial score (nSPS) is 21.8. The maximum absolute atomic E-state index is 12.6. The highest BCUT2D eigenvalue weighted by Crippen LogP contribution is 2.47. The van der Waals surface area contributed by atoms with E-state index < -0.39 is 11.7 Å². The van der Waals surface area contributed by atoms with Crippen LogP contribution in [-0.2, 0) is 6.18 Å². The van der Waals surface area contributed by atoms with Gasteiger partial charge in [-0.1, -0.05) is 36.4 Å². The van der Waals surface area contributed by atoms with Crippen LogP contribution in [-0.4, -0.2) is 0 Å². The smallest absolute Gasteiger partial charge is 0.166 e. The summed E-state index contributed by atoms with van der Waals surface area (Å²) in [6.45, 7) is 0. The highest BCUT2D eigenvalue weighted by molar-refractivity contribution is 6.21. The van der Waals surface area contributed by atoms with Crippen LogP contribution in [0.4, 0.5) is 13.2 Å². The van der Waals surface area contributed by atoms with Crippen molar-refractivity contribution in [1.82, 2.24) is 0 Å². The van der Waals surface area contributed by atoms with Gasteiger partial charge < -0.3 is 0 Å². The number of hydrogen-bond acceptors (Lipinski definition) is 0. The highest BCUT2D eigenvalue weighted by atomic mass is 35.5. The summed E-state index contributed by atoms with van der Waals surface area (Å²) >= 11 is 6.31. The molecule has 0 heterocycles. The van der Waals surface area contributed by atoms with Crippen molar-refractivity contribution in [3.8, 4) is 0 Å². The van der Waals surface area contributed by atoms with E-state index in [1.54, 1.807) is 12.1 Å². The summed E-state index contributed by atoms with van der Waals surface area (Å²) in [4.78, 5) is 0. The van der Waals surface area contributed by atoms with Crippen molar-refractivity contribution >= 4 is 11.6 Å². The number of alkyl halides is 4. The molecule has 3 rings (SSSR count). The average Bonchev–Trinajstić information content (AvgIpc) is 2.76. The molecule has 2 aromatic carbocycles. The topological polar surface area (TPSA) is 0 Å². The molecule has 2 atom stereocenters.